The lowest BCUT2D eigenvalue weighted by Gasteiger charge is -2.07. The SMILES string of the molecule is COc1ccc(Cl)cc1C(=O)N/N=C\c1ccc2c(c1)c1ccccc1n2C. The highest BCUT2D eigenvalue weighted by atomic mass is 35.5. The lowest BCUT2D eigenvalue weighted by molar-refractivity contribution is 0.0952. The van der Waals surface area contributed by atoms with Crippen LogP contribution in [0.15, 0.2) is 65.8 Å². The molecule has 6 heteroatoms. The van der Waals surface area contributed by atoms with E-state index in [2.05, 4.69) is 46.4 Å². The van der Waals surface area contributed by atoms with E-state index in [0.717, 1.165) is 16.5 Å². The molecule has 0 unspecified atom stereocenters. The van der Waals surface area contributed by atoms with Crippen molar-refractivity contribution in [2.75, 3.05) is 7.11 Å². The fourth-order valence-corrected chi connectivity index (χ4v) is 3.52. The zero-order valence-electron chi connectivity index (χ0n) is 15.4. The molecule has 5 nitrogen and oxygen atoms in total. The van der Waals surface area contributed by atoms with Crippen LogP contribution in [0.5, 0.6) is 5.75 Å². The van der Waals surface area contributed by atoms with Crippen molar-refractivity contribution in [1.82, 2.24) is 9.99 Å². The van der Waals surface area contributed by atoms with Crippen molar-refractivity contribution in [3.63, 3.8) is 0 Å². The number of hydrogen-bond donors (Lipinski definition) is 1. The third-order valence-electron chi connectivity index (χ3n) is 4.72. The minimum atomic E-state index is -0.387. The zero-order valence-corrected chi connectivity index (χ0v) is 16.2. The molecule has 140 valence electrons. The Kier molecular flexibility index (Phi) is 4.75. The lowest BCUT2D eigenvalue weighted by atomic mass is 10.1. The van der Waals surface area contributed by atoms with Crippen LogP contribution in [-0.4, -0.2) is 23.8 Å². The average Bonchev–Trinajstić information content (AvgIpc) is 3.00. The Bertz CT molecular complexity index is 1230. The summed E-state index contributed by atoms with van der Waals surface area (Å²) in [5.74, 6) is 0.0520. The van der Waals surface area contributed by atoms with E-state index in [1.54, 1.807) is 24.4 Å². The van der Waals surface area contributed by atoms with Gasteiger partial charge in [-0.25, -0.2) is 5.43 Å². The van der Waals surface area contributed by atoms with Crippen molar-refractivity contribution in [2.24, 2.45) is 12.1 Å². The number of carbonyl (C=O) groups is 1. The maximum Gasteiger partial charge on any atom is 0.275 e. The monoisotopic (exact) mass is 391 g/mol. The number of carbonyl (C=O) groups excluding carboxylic acids is 1. The number of halogens is 1. The number of benzene rings is 3. The summed E-state index contributed by atoms with van der Waals surface area (Å²) < 4.78 is 7.37. The summed E-state index contributed by atoms with van der Waals surface area (Å²) in [4.78, 5) is 12.4. The molecule has 0 fully saturated rings. The van der Waals surface area contributed by atoms with Crippen LogP contribution in [-0.2, 0) is 7.05 Å². The Morgan fingerprint density at radius 1 is 1.07 bits per heavy atom. The number of fused-ring (bicyclic) bond motifs is 3. The number of nitrogens with zero attached hydrogens (tertiary/aromatic N) is 2. The van der Waals surface area contributed by atoms with E-state index in [-0.39, 0.29) is 5.91 Å². The topological polar surface area (TPSA) is 55.6 Å². The number of hydrazone groups is 1. The van der Waals surface area contributed by atoms with Gasteiger partial charge in [0.25, 0.3) is 5.91 Å². The first-order chi connectivity index (χ1) is 13.6. The molecule has 1 aromatic heterocycles. The van der Waals surface area contributed by atoms with E-state index in [0.29, 0.717) is 16.3 Å². The first-order valence-corrected chi connectivity index (χ1v) is 9.10. The maximum absolute atomic E-state index is 12.4. The highest BCUT2D eigenvalue weighted by molar-refractivity contribution is 6.31. The van der Waals surface area contributed by atoms with Gasteiger partial charge in [-0.3, -0.25) is 4.79 Å². The maximum atomic E-state index is 12.4. The van der Waals surface area contributed by atoms with Crippen LogP contribution in [0.4, 0.5) is 0 Å². The molecule has 4 aromatic rings. The zero-order chi connectivity index (χ0) is 19.7. The van der Waals surface area contributed by atoms with Crippen molar-refractivity contribution in [3.05, 3.63) is 76.8 Å². The molecule has 0 aliphatic heterocycles. The van der Waals surface area contributed by atoms with E-state index in [1.165, 1.54) is 18.0 Å². The molecule has 1 heterocycles. The second-order valence-electron chi connectivity index (χ2n) is 6.40. The van der Waals surface area contributed by atoms with Crippen molar-refractivity contribution >= 4 is 45.5 Å². The minimum absolute atomic E-state index is 0.330. The lowest BCUT2D eigenvalue weighted by Crippen LogP contribution is -2.18. The van der Waals surface area contributed by atoms with Crippen molar-refractivity contribution in [2.45, 2.75) is 0 Å². The van der Waals surface area contributed by atoms with Crippen LogP contribution in [0.3, 0.4) is 0 Å². The Morgan fingerprint density at radius 3 is 2.68 bits per heavy atom. The van der Waals surface area contributed by atoms with E-state index < -0.39 is 0 Å². The van der Waals surface area contributed by atoms with Gasteiger partial charge in [-0.15, -0.1) is 0 Å². The Hall–Kier alpha value is -3.31. The third kappa shape index (κ3) is 3.21. The van der Waals surface area contributed by atoms with Crippen LogP contribution < -0.4 is 10.2 Å². The summed E-state index contributed by atoms with van der Waals surface area (Å²) in [5, 5.41) is 6.87. The molecule has 1 amide bonds. The van der Waals surface area contributed by atoms with Crippen molar-refractivity contribution in [3.8, 4) is 5.75 Å². The quantitative estimate of drug-likeness (QED) is 0.403. The van der Waals surface area contributed by atoms with Crippen molar-refractivity contribution in [1.29, 1.82) is 0 Å². The largest absolute Gasteiger partial charge is 0.496 e. The molecular weight excluding hydrogens is 374 g/mol. The molecule has 0 aliphatic carbocycles. The first kappa shape index (κ1) is 18.1. The van der Waals surface area contributed by atoms with Gasteiger partial charge in [0.15, 0.2) is 0 Å². The van der Waals surface area contributed by atoms with E-state index in [4.69, 9.17) is 16.3 Å². The summed E-state index contributed by atoms with van der Waals surface area (Å²) in [7, 11) is 3.56. The van der Waals surface area contributed by atoms with Crippen LogP contribution in [0.1, 0.15) is 15.9 Å². The van der Waals surface area contributed by atoms with Gasteiger partial charge in [-0.2, -0.15) is 5.10 Å². The van der Waals surface area contributed by atoms with Gasteiger partial charge in [0.1, 0.15) is 5.75 Å². The molecule has 0 spiro atoms. The molecule has 0 radical (unpaired) electrons. The van der Waals surface area contributed by atoms with Crippen LogP contribution in [0, 0.1) is 0 Å². The summed E-state index contributed by atoms with van der Waals surface area (Å²) in [6.45, 7) is 0. The molecule has 0 bridgehead atoms. The number of rotatable bonds is 4. The standard InChI is InChI=1S/C22H18ClN3O2/c1-26-19-6-4-3-5-16(19)17-11-14(7-9-20(17)26)13-24-25-22(27)18-12-15(23)8-10-21(18)28-2/h3-13H,1-2H3,(H,25,27)/b24-13-. The number of para-hydroxylation sites is 1. The second-order valence-corrected chi connectivity index (χ2v) is 6.83. The molecule has 1 N–H and O–H groups in total. The average molecular weight is 392 g/mol. The number of aromatic nitrogens is 1. The molecule has 0 saturated heterocycles. The summed E-state index contributed by atoms with van der Waals surface area (Å²) in [6.07, 6.45) is 1.62. The van der Waals surface area contributed by atoms with E-state index >= 15 is 0 Å². The second kappa shape index (κ2) is 7.37. The minimum Gasteiger partial charge on any atom is -0.496 e. The molecule has 3 aromatic carbocycles. The summed E-state index contributed by atoms with van der Waals surface area (Å²) >= 11 is 5.98. The number of hydrogen-bond acceptors (Lipinski definition) is 3. The van der Waals surface area contributed by atoms with Crippen LogP contribution in [0.2, 0.25) is 5.02 Å². The fourth-order valence-electron chi connectivity index (χ4n) is 3.35. The van der Waals surface area contributed by atoms with Gasteiger partial charge in [-0.1, -0.05) is 35.9 Å². The molecule has 0 saturated carbocycles. The smallest absolute Gasteiger partial charge is 0.275 e. The van der Waals surface area contributed by atoms with Gasteiger partial charge in [0.2, 0.25) is 0 Å². The summed E-state index contributed by atoms with van der Waals surface area (Å²) in [5.41, 5.74) is 6.07. The van der Waals surface area contributed by atoms with Gasteiger partial charge in [0.05, 0.1) is 18.9 Å². The number of ether oxygens (including phenoxy) is 1. The predicted molar refractivity (Wildman–Crippen MR) is 113 cm³/mol. The number of nitrogens with one attached hydrogen (secondary N) is 1. The summed E-state index contributed by atoms with van der Waals surface area (Å²) in [6, 6.07) is 19.2. The van der Waals surface area contributed by atoms with Crippen molar-refractivity contribution < 1.29 is 9.53 Å². The van der Waals surface area contributed by atoms with Crippen LogP contribution >= 0.6 is 11.6 Å². The Morgan fingerprint density at radius 2 is 1.86 bits per heavy atom. The highest BCUT2D eigenvalue weighted by Crippen LogP contribution is 2.28. The van der Waals surface area contributed by atoms with Crippen LogP contribution in [0.25, 0.3) is 21.8 Å². The normalized spacial score (nSPS) is 11.4. The Labute approximate surface area is 167 Å². The number of amides is 1. The van der Waals surface area contributed by atoms with E-state index in [1.807, 2.05) is 18.2 Å². The van der Waals surface area contributed by atoms with Gasteiger partial charge < -0.3 is 9.30 Å². The first-order valence-electron chi connectivity index (χ1n) is 8.72. The van der Waals surface area contributed by atoms with Gasteiger partial charge in [-0.05, 0) is 42.0 Å². The highest BCUT2D eigenvalue weighted by Gasteiger charge is 2.12. The molecular formula is C22H18ClN3O2. The molecule has 4 rings (SSSR count). The molecule has 28 heavy (non-hydrogen) atoms. The number of methoxy groups -OCH3 is 1. The fraction of sp³-hybridized carbons (Fsp3) is 0.0909. The molecule has 0 aliphatic rings. The van der Waals surface area contributed by atoms with E-state index in [9.17, 15) is 4.79 Å². The Balaban J connectivity index is 1.60. The van der Waals surface area contributed by atoms with Gasteiger partial charge in [0, 0.05) is 33.9 Å². The van der Waals surface area contributed by atoms with Gasteiger partial charge >= 0.3 is 0 Å². The molecule has 0 atom stereocenters. The number of aryl methyl sites for hydroxylation is 1. The predicted octanol–water partition coefficient (Wildman–Crippen LogP) is 4.76. The third-order valence-corrected chi connectivity index (χ3v) is 4.96.